The molecule has 0 saturated carbocycles. The second-order valence-corrected chi connectivity index (χ2v) is 7.37. The minimum atomic E-state index is -0.462. The van der Waals surface area contributed by atoms with E-state index in [4.69, 9.17) is 0 Å². The fraction of sp³-hybridized carbons (Fsp3) is 0.286. The van der Waals surface area contributed by atoms with Crippen molar-refractivity contribution in [3.05, 3.63) is 66.2 Å². The SMILES string of the molecule is CCN=C1SC(C(=O)Nc2ccccc2)CC(=O)N1CCc1ccccc1. The maximum absolute atomic E-state index is 12.7. The Morgan fingerprint density at radius 2 is 1.81 bits per heavy atom. The van der Waals surface area contributed by atoms with Gasteiger partial charge in [-0.3, -0.25) is 19.5 Å². The summed E-state index contributed by atoms with van der Waals surface area (Å²) >= 11 is 1.37. The molecule has 1 fully saturated rings. The first-order valence-electron chi connectivity index (χ1n) is 9.08. The van der Waals surface area contributed by atoms with Crippen molar-refractivity contribution < 1.29 is 9.59 Å². The number of aliphatic imine (C=N–C) groups is 1. The molecule has 1 aliphatic heterocycles. The van der Waals surface area contributed by atoms with Gasteiger partial charge in [0.05, 0.1) is 0 Å². The summed E-state index contributed by atoms with van der Waals surface area (Å²) in [7, 11) is 0. The predicted molar refractivity (Wildman–Crippen MR) is 111 cm³/mol. The number of carbonyl (C=O) groups is 2. The molecule has 1 atom stereocenters. The number of para-hydroxylation sites is 1. The molecule has 0 aromatic heterocycles. The van der Waals surface area contributed by atoms with Gasteiger partial charge in [0.1, 0.15) is 5.25 Å². The Morgan fingerprint density at radius 3 is 2.48 bits per heavy atom. The number of amidine groups is 1. The highest BCUT2D eigenvalue weighted by Crippen LogP contribution is 2.28. The summed E-state index contributed by atoms with van der Waals surface area (Å²) in [6.07, 6.45) is 0.942. The lowest BCUT2D eigenvalue weighted by Gasteiger charge is -2.31. The van der Waals surface area contributed by atoms with E-state index in [2.05, 4.69) is 10.3 Å². The molecule has 0 spiro atoms. The first-order chi connectivity index (χ1) is 13.2. The van der Waals surface area contributed by atoms with Crippen LogP contribution in [0.5, 0.6) is 0 Å². The van der Waals surface area contributed by atoms with Crippen LogP contribution in [-0.2, 0) is 16.0 Å². The van der Waals surface area contributed by atoms with Crippen LogP contribution in [0.4, 0.5) is 5.69 Å². The monoisotopic (exact) mass is 381 g/mol. The summed E-state index contributed by atoms with van der Waals surface area (Å²) < 4.78 is 0. The smallest absolute Gasteiger partial charge is 0.238 e. The number of hydrogen-bond donors (Lipinski definition) is 1. The number of rotatable bonds is 6. The second kappa shape index (κ2) is 9.37. The summed E-state index contributed by atoms with van der Waals surface area (Å²) in [5.41, 5.74) is 1.91. The van der Waals surface area contributed by atoms with Gasteiger partial charge in [-0.1, -0.05) is 60.3 Å². The van der Waals surface area contributed by atoms with Crippen molar-refractivity contribution in [3.63, 3.8) is 0 Å². The van der Waals surface area contributed by atoms with Gasteiger partial charge in [-0.25, -0.2) is 0 Å². The van der Waals surface area contributed by atoms with Crippen LogP contribution < -0.4 is 5.32 Å². The lowest BCUT2D eigenvalue weighted by Crippen LogP contribution is -2.46. The molecule has 27 heavy (non-hydrogen) atoms. The van der Waals surface area contributed by atoms with Crippen LogP contribution >= 0.6 is 11.8 Å². The predicted octanol–water partition coefficient (Wildman–Crippen LogP) is 3.58. The molecule has 140 valence electrons. The molecule has 1 heterocycles. The number of amides is 2. The van der Waals surface area contributed by atoms with Crippen LogP contribution in [0.25, 0.3) is 0 Å². The minimum absolute atomic E-state index is 0.0508. The Hall–Kier alpha value is -2.60. The topological polar surface area (TPSA) is 61.8 Å². The summed E-state index contributed by atoms with van der Waals surface area (Å²) in [5.74, 6) is -0.212. The maximum atomic E-state index is 12.7. The van der Waals surface area contributed by atoms with E-state index in [-0.39, 0.29) is 18.2 Å². The maximum Gasteiger partial charge on any atom is 0.238 e. The first kappa shape index (κ1) is 19.2. The quantitative estimate of drug-likeness (QED) is 0.832. The summed E-state index contributed by atoms with van der Waals surface area (Å²) in [6.45, 7) is 3.08. The second-order valence-electron chi connectivity index (χ2n) is 6.20. The van der Waals surface area contributed by atoms with Crippen molar-refractivity contribution in [2.24, 2.45) is 4.99 Å². The number of anilines is 1. The van der Waals surface area contributed by atoms with Crippen molar-refractivity contribution in [1.29, 1.82) is 0 Å². The normalized spacial score (nSPS) is 18.6. The van der Waals surface area contributed by atoms with Gasteiger partial charge in [0.2, 0.25) is 11.8 Å². The molecule has 2 aromatic carbocycles. The molecule has 2 aromatic rings. The zero-order valence-electron chi connectivity index (χ0n) is 15.3. The number of thioether (sulfide) groups is 1. The molecule has 6 heteroatoms. The Morgan fingerprint density at radius 1 is 1.15 bits per heavy atom. The molecule has 1 unspecified atom stereocenters. The van der Waals surface area contributed by atoms with Gasteiger partial charge in [-0.15, -0.1) is 0 Å². The molecule has 0 radical (unpaired) electrons. The zero-order valence-corrected chi connectivity index (χ0v) is 16.1. The van der Waals surface area contributed by atoms with Crippen molar-refractivity contribution in [2.75, 3.05) is 18.4 Å². The van der Waals surface area contributed by atoms with Gasteiger partial charge in [-0.2, -0.15) is 0 Å². The third-order valence-electron chi connectivity index (χ3n) is 4.23. The van der Waals surface area contributed by atoms with E-state index in [1.54, 1.807) is 4.90 Å². The largest absolute Gasteiger partial charge is 0.325 e. The van der Waals surface area contributed by atoms with Gasteiger partial charge in [-0.05, 0) is 31.0 Å². The van der Waals surface area contributed by atoms with Crippen molar-refractivity contribution >= 4 is 34.4 Å². The van der Waals surface area contributed by atoms with Gasteiger partial charge in [0, 0.05) is 25.2 Å². The molecular formula is C21H23N3O2S. The standard InChI is InChI=1S/C21H23N3O2S/c1-2-22-21-24(14-13-16-9-5-3-6-10-16)19(25)15-18(27-21)20(26)23-17-11-7-4-8-12-17/h3-12,18H,2,13-15H2,1H3,(H,23,26). The van der Waals surface area contributed by atoms with E-state index in [1.807, 2.05) is 67.6 Å². The van der Waals surface area contributed by atoms with Gasteiger partial charge in [0.15, 0.2) is 5.17 Å². The lowest BCUT2D eigenvalue weighted by atomic mass is 10.1. The van der Waals surface area contributed by atoms with Crippen LogP contribution in [0.2, 0.25) is 0 Å². The summed E-state index contributed by atoms with van der Waals surface area (Å²) in [6, 6.07) is 19.4. The molecule has 0 bridgehead atoms. The Balaban J connectivity index is 1.66. The molecule has 0 aliphatic carbocycles. The van der Waals surface area contributed by atoms with Crippen molar-refractivity contribution in [1.82, 2.24) is 4.90 Å². The fourth-order valence-electron chi connectivity index (χ4n) is 2.86. The molecule has 3 rings (SSSR count). The van der Waals surface area contributed by atoms with Crippen LogP contribution in [0, 0.1) is 0 Å². The average Bonchev–Trinajstić information content (AvgIpc) is 2.69. The van der Waals surface area contributed by atoms with Crippen LogP contribution in [-0.4, -0.2) is 40.2 Å². The Bertz CT molecular complexity index is 809. The molecule has 2 amide bonds. The number of nitrogens with one attached hydrogen (secondary N) is 1. The lowest BCUT2D eigenvalue weighted by molar-refractivity contribution is -0.129. The van der Waals surface area contributed by atoms with E-state index in [1.165, 1.54) is 17.3 Å². The minimum Gasteiger partial charge on any atom is -0.325 e. The molecule has 1 aliphatic rings. The highest BCUT2D eigenvalue weighted by molar-refractivity contribution is 8.15. The third-order valence-corrected chi connectivity index (χ3v) is 5.46. The number of carbonyl (C=O) groups excluding carboxylic acids is 2. The highest BCUT2D eigenvalue weighted by Gasteiger charge is 2.35. The van der Waals surface area contributed by atoms with Crippen molar-refractivity contribution in [3.8, 4) is 0 Å². The number of nitrogens with zero attached hydrogens (tertiary/aromatic N) is 2. The van der Waals surface area contributed by atoms with E-state index < -0.39 is 5.25 Å². The van der Waals surface area contributed by atoms with E-state index in [9.17, 15) is 9.59 Å². The van der Waals surface area contributed by atoms with E-state index in [0.717, 1.165) is 12.1 Å². The zero-order chi connectivity index (χ0) is 19.1. The molecule has 5 nitrogen and oxygen atoms in total. The average molecular weight is 382 g/mol. The first-order valence-corrected chi connectivity index (χ1v) is 9.96. The van der Waals surface area contributed by atoms with E-state index >= 15 is 0 Å². The Labute approximate surface area is 163 Å². The molecular weight excluding hydrogens is 358 g/mol. The van der Waals surface area contributed by atoms with Crippen LogP contribution in [0.15, 0.2) is 65.7 Å². The highest BCUT2D eigenvalue weighted by atomic mass is 32.2. The van der Waals surface area contributed by atoms with Gasteiger partial charge in [0.25, 0.3) is 0 Å². The van der Waals surface area contributed by atoms with Gasteiger partial charge < -0.3 is 5.32 Å². The molecule has 1 N–H and O–H groups in total. The van der Waals surface area contributed by atoms with E-state index in [0.29, 0.717) is 18.3 Å². The number of benzene rings is 2. The van der Waals surface area contributed by atoms with Crippen LogP contribution in [0.3, 0.4) is 0 Å². The van der Waals surface area contributed by atoms with Gasteiger partial charge >= 0.3 is 0 Å². The van der Waals surface area contributed by atoms with Crippen LogP contribution in [0.1, 0.15) is 18.9 Å². The molecule has 1 saturated heterocycles. The van der Waals surface area contributed by atoms with Crippen molar-refractivity contribution in [2.45, 2.75) is 25.0 Å². The Kier molecular flexibility index (Phi) is 6.65. The summed E-state index contributed by atoms with van der Waals surface area (Å²) in [4.78, 5) is 31.5. The number of hydrogen-bond acceptors (Lipinski definition) is 4. The fourth-order valence-corrected chi connectivity index (χ4v) is 4.03. The third kappa shape index (κ3) is 5.20. The summed E-state index contributed by atoms with van der Waals surface area (Å²) in [5, 5.41) is 3.06.